The van der Waals surface area contributed by atoms with Crippen LogP contribution in [0.3, 0.4) is 0 Å². The summed E-state index contributed by atoms with van der Waals surface area (Å²) in [5.41, 5.74) is 6.85. The van der Waals surface area contributed by atoms with Crippen LogP contribution in [0, 0.1) is 5.41 Å². The first kappa shape index (κ1) is 9.51. The molecule has 4 heteroatoms. The van der Waals surface area contributed by atoms with Crippen molar-refractivity contribution in [2.24, 2.45) is 5.73 Å². The monoisotopic (exact) mass is 178 g/mol. The number of nitrogens with two attached hydrogens (primary N) is 1. The number of aromatic nitrogens is 1. The maximum atomic E-state index is 7.33. The molecule has 1 aromatic rings. The molecule has 0 aliphatic rings. The Bertz CT molecular complexity index is 308. The van der Waals surface area contributed by atoms with E-state index in [0.29, 0.717) is 5.69 Å². The van der Waals surface area contributed by atoms with Crippen LogP contribution < -0.4 is 10.6 Å². The van der Waals surface area contributed by atoms with E-state index in [9.17, 15) is 0 Å². The molecule has 0 atom stereocenters. The lowest BCUT2D eigenvalue weighted by atomic mass is 10.2. The van der Waals surface area contributed by atoms with Gasteiger partial charge in [-0.25, -0.2) is 0 Å². The molecule has 0 radical (unpaired) electrons. The summed E-state index contributed by atoms with van der Waals surface area (Å²) >= 11 is 0. The molecule has 0 aromatic carbocycles. The zero-order chi connectivity index (χ0) is 9.84. The van der Waals surface area contributed by atoms with E-state index in [4.69, 9.17) is 11.1 Å². The average molecular weight is 178 g/mol. The van der Waals surface area contributed by atoms with E-state index in [1.165, 1.54) is 0 Å². The third-order valence-electron chi connectivity index (χ3n) is 1.93. The van der Waals surface area contributed by atoms with Gasteiger partial charge in [0.1, 0.15) is 11.5 Å². The molecule has 0 saturated carbocycles. The lowest BCUT2D eigenvalue weighted by Crippen LogP contribution is -2.22. The number of rotatable bonds is 3. The van der Waals surface area contributed by atoms with Gasteiger partial charge in [0.25, 0.3) is 0 Å². The third kappa shape index (κ3) is 1.96. The summed E-state index contributed by atoms with van der Waals surface area (Å²) in [6, 6.07) is 3.75. The van der Waals surface area contributed by atoms with Gasteiger partial charge in [-0.15, -0.1) is 0 Å². The summed E-state index contributed by atoms with van der Waals surface area (Å²) in [5.74, 6) is 0.0101. The van der Waals surface area contributed by atoms with Crippen molar-refractivity contribution >= 4 is 11.5 Å². The number of nitrogens with one attached hydrogen (secondary N) is 1. The van der Waals surface area contributed by atoms with Crippen LogP contribution in [0.1, 0.15) is 12.6 Å². The van der Waals surface area contributed by atoms with Crippen LogP contribution in [0.2, 0.25) is 0 Å². The van der Waals surface area contributed by atoms with Gasteiger partial charge in [0, 0.05) is 19.8 Å². The fourth-order valence-electron chi connectivity index (χ4n) is 1.08. The normalized spacial score (nSPS) is 9.69. The lowest BCUT2D eigenvalue weighted by Gasteiger charge is -2.18. The molecule has 1 rings (SSSR count). The Balaban J connectivity index is 3.11. The smallest absolute Gasteiger partial charge is 0.143 e. The molecule has 0 bridgehead atoms. The molecular weight excluding hydrogens is 164 g/mol. The van der Waals surface area contributed by atoms with Crippen molar-refractivity contribution in [3.63, 3.8) is 0 Å². The molecule has 0 amide bonds. The molecule has 0 saturated heterocycles. The molecule has 0 spiro atoms. The zero-order valence-electron chi connectivity index (χ0n) is 7.91. The van der Waals surface area contributed by atoms with Crippen molar-refractivity contribution < 1.29 is 0 Å². The fraction of sp³-hybridized carbons (Fsp3) is 0.333. The topological polar surface area (TPSA) is 66.0 Å². The Labute approximate surface area is 77.9 Å². The Morgan fingerprint density at radius 1 is 1.69 bits per heavy atom. The number of amidine groups is 1. The molecule has 70 valence electrons. The van der Waals surface area contributed by atoms with E-state index < -0.39 is 0 Å². The van der Waals surface area contributed by atoms with Gasteiger partial charge >= 0.3 is 0 Å². The minimum Gasteiger partial charge on any atom is -0.382 e. The SMILES string of the molecule is CCN(C)c1cccnc1C(=N)N. The fourth-order valence-corrected chi connectivity index (χ4v) is 1.08. The minimum atomic E-state index is 0.0101. The summed E-state index contributed by atoms with van der Waals surface area (Å²) < 4.78 is 0. The van der Waals surface area contributed by atoms with Crippen LogP contribution in [-0.4, -0.2) is 24.4 Å². The van der Waals surface area contributed by atoms with Gasteiger partial charge in [0.05, 0.1) is 5.69 Å². The number of hydrogen-bond donors (Lipinski definition) is 2. The van der Waals surface area contributed by atoms with Gasteiger partial charge in [-0.2, -0.15) is 0 Å². The van der Waals surface area contributed by atoms with Gasteiger partial charge in [0.2, 0.25) is 0 Å². The summed E-state index contributed by atoms with van der Waals surface area (Å²) in [4.78, 5) is 6.06. The number of nitrogen functional groups attached to an aromatic ring is 1. The summed E-state index contributed by atoms with van der Waals surface area (Å²) in [6.07, 6.45) is 1.64. The van der Waals surface area contributed by atoms with E-state index >= 15 is 0 Å². The predicted molar refractivity (Wildman–Crippen MR) is 54.2 cm³/mol. The Morgan fingerprint density at radius 3 is 2.92 bits per heavy atom. The van der Waals surface area contributed by atoms with E-state index in [1.54, 1.807) is 6.20 Å². The maximum Gasteiger partial charge on any atom is 0.143 e. The van der Waals surface area contributed by atoms with Gasteiger partial charge in [-0.1, -0.05) is 0 Å². The Morgan fingerprint density at radius 2 is 2.38 bits per heavy atom. The molecule has 0 fully saturated rings. The van der Waals surface area contributed by atoms with Crippen LogP contribution in [0.4, 0.5) is 5.69 Å². The van der Waals surface area contributed by atoms with Crippen LogP contribution in [0.15, 0.2) is 18.3 Å². The van der Waals surface area contributed by atoms with Gasteiger partial charge in [-0.3, -0.25) is 10.4 Å². The number of nitrogens with zero attached hydrogens (tertiary/aromatic N) is 2. The van der Waals surface area contributed by atoms with Crippen molar-refractivity contribution in [2.45, 2.75) is 6.92 Å². The van der Waals surface area contributed by atoms with Crippen LogP contribution in [0.5, 0.6) is 0 Å². The summed E-state index contributed by atoms with van der Waals surface area (Å²) in [7, 11) is 1.95. The molecule has 1 aromatic heterocycles. The second kappa shape index (κ2) is 3.89. The quantitative estimate of drug-likeness (QED) is 0.532. The minimum absolute atomic E-state index is 0.0101. The molecule has 0 aliphatic heterocycles. The lowest BCUT2D eigenvalue weighted by molar-refractivity contribution is 0.957. The summed E-state index contributed by atoms with van der Waals surface area (Å²) in [5, 5.41) is 7.33. The molecule has 3 N–H and O–H groups in total. The summed E-state index contributed by atoms with van der Waals surface area (Å²) in [6.45, 7) is 2.91. The molecule has 1 heterocycles. The van der Waals surface area contributed by atoms with E-state index in [-0.39, 0.29) is 5.84 Å². The molecule has 13 heavy (non-hydrogen) atoms. The van der Waals surface area contributed by atoms with Gasteiger partial charge in [-0.05, 0) is 19.1 Å². The second-order valence-electron chi connectivity index (χ2n) is 2.80. The highest BCUT2D eigenvalue weighted by molar-refractivity contribution is 5.98. The van der Waals surface area contributed by atoms with E-state index in [0.717, 1.165) is 12.2 Å². The number of pyridine rings is 1. The van der Waals surface area contributed by atoms with Crippen LogP contribution >= 0.6 is 0 Å². The van der Waals surface area contributed by atoms with Crippen molar-refractivity contribution in [1.82, 2.24) is 4.98 Å². The van der Waals surface area contributed by atoms with E-state index in [1.807, 2.05) is 31.0 Å². The number of anilines is 1. The third-order valence-corrected chi connectivity index (χ3v) is 1.93. The number of hydrogen-bond acceptors (Lipinski definition) is 3. The molecule has 0 unspecified atom stereocenters. The van der Waals surface area contributed by atoms with Crippen molar-refractivity contribution in [1.29, 1.82) is 5.41 Å². The highest BCUT2D eigenvalue weighted by Crippen LogP contribution is 2.15. The molecule has 0 aliphatic carbocycles. The maximum absolute atomic E-state index is 7.33. The van der Waals surface area contributed by atoms with Crippen LogP contribution in [0.25, 0.3) is 0 Å². The highest BCUT2D eigenvalue weighted by Gasteiger charge is 2.08. The first-order chi connectivity index (χ1) is 6.16. The standard InChI is InChI=1S/C9H14N4/c1-3-13(2)7-5-4-6-12-8(7)9(10)11/h4-6H,3H2,1-2H3,(H3,10,11). The van der Waals surface area contributed by atoms with Crippen molar-refractivity contribution in [3.05, 3.63) is 24.0 Å². The first-order valence-electron chi connectivity index (χ1n) is 4.17. The van der Waals surface area contributed by atoms with Crippen molar-refractivity contribution in [2.75, 3.05) is 18.5 Å². The van der Waals surface area contributed by atoms with Crippen LogP contribution in [-0.2, 0) is 0 Å². The highest BCUT2D eigenvalue weighted by atomic mass is 15.1. The first-order valence-corrected chi connectivity index (χ1v) is 4.17. The van der Waals surface area contributed by atoms with Gasteiger partial charge in [0.15, 0.2) is 0 Å². The molecule has 4 nitrogen and oxygen atoms in total. The predicted octanol–water partition coefficient (Wildman–Crippen LogP) is 0.822. The average Bonchev–Trinajstić information content (AvgIpc) is 2.16. The second-order valence-corrected chi connectivity index (χ2v) is 2.80. The van der Waals surface area contributed by atoms with Gasteiger partial charge < -0.3 is 10.6 Å². The zero-order valence-corrected chi connectivity index (χ0v) is 7.91. The largest absolute Gasteiger partial charge is 0.382 e. The molecular formula is C9H14N4. The van der Waals surface area contributed by atoms with Crippen molar-refractivity contribution in [3.8, 4) is 0 Å². The Kier molecular flexibility index (Phi) is 2.84. The van der Waals surface area contributed by atoms with E-state index in [2.05, 4.69) is 4.98 Å². The Hall–Kier alpha value is -1.58.